The third-order valence-corrected chi connectivity index (χ3v) is 3.73. The van der Waals surface area contributed by atoms with Crippen molar-refractivity contribution in [2.75, 3.05) is 0 Å². The van der Waals surface area contributed by atoms with Crippen molar-refractivity contribution in [3.05, 3.63) is 30.1 Å². The van der Waals surface area contributed by atoms with Gasteiger partial charge in [-0.05, 0) is 25.8 Å². The van der Waals surface area contributed by atoms with Gasteiger partial charge in [-0.15, -0.1) is 0 Å². The van der Waals surface area contributed by atoms with E-state index in [9.17, 15) is 0 Å². The van der Waals surface area contributed by atoms with Crippen LogP contribution in [0.15, 0.2) is 24.5 Å². The molecule has 0 radical (unpaired) electrons. The fourth-order valence-electron chi connectivity index (χ4n) is 2.58. The van der Waals surface area contributed by atoms with E-state index in [1.54, 1.807) is 0 Å². The number of hydrogen-bond donors (Lipinski definition) is 0. The van der Waals surface area contributed by atoms with Crippen LogP contribution in [0.3, 0.4) is 0 Å². The van der Waals surface area contributed by atoms with Crippen LogP contribution in [-0.4, -0.2) is 5.97 Å². The van der Waals surface area contributed by atoms with Gasteiger partial charge in [0.25, 0.3) is 0 Å². The lowest BCUT2D eigenvalue weighted by atomic mass is 10.1. The SMILES string of the molecule is CC(=O)[O-].CCCCCCCCCC[n+]1cccc(CCC)c1. The van der Waals surface area contributed by atoms with E-state index in [1.165, 1.54) is 76.3 Å². The molecule has 0 spiro atoms. The predicted octanol–water partition coefficient (Wildman–Crippen LogP) is 3.82. The van der Waals surface area contributed by atoms with Crippen LogP contribution in [0.1, 0.15) is 84.1 Å². The lowest BCUT2D eigenvalue weighted by molar-refractivity contribution is -0.697. The van der Waals surface area contributed by atoms with E-state index in [0.717, 1.165) is 6.92 Å². The maximum atomic E-state index is 8.89. The molecule has 3 heteroatoms. The van der Waals surface area contributed by atoms with Gasteiger partial charge in [-0.2, -0.15) is 0 Å². The molecular formula is C20H35NO2. The number of carboxylic acid groups (broad SMARTS) is 1. The number of aryl methyl sites for hydroxylation is 2. The van der Waals surface area contributed by atoms with Gasteiger partial charge < -0.3 is 9.90 Å². The Kier molecular flexibility index (Phi) is 14.6. The summed E-state index contributed by atoms with van der Waals surface area (Å²) >= 11 is 0. The molecule has 0 aromatic carbocycles. The zero-order chi connectivity index (χ0) is 17.3. The van der Waals surface area contributed by atoms with Crippen molar-refractivity contribution in [3.63, 3.8) is 0 Å². The predicted molar refractivity (Wildman–Crippen MR) is 93.9 cm³/mol. The minimum Gasteiger partial charge on any atom is -0.550 e. The van der Waals surface area contributed by atoms with Gasteiger partial charge in [0.05, 0.1) is 0 Å². The summed E-state index contributed by atoms with van der Waals surface area (Å²) in [5, 5.41) is 8.89. The van der Waals surface area contributed by atoms with Crippen molar-refractivity contribution in [3.8, 4) is 0 Å². The molecular weight excluding hydrogens is 286 g/mol. The number of unbranched alkanes of at least 4 members (excludes halogenated alkanes) is 7. The van der Waals surface area contributed by atoms with Crippen molar-refractivity contribution in [1.82, 2.24) is 0 Å². The van der Waals surface area contributed by atoms with Crippen LogP contribution in [0.25, 0.3) is 0 Å². The Balaban J connectivity index is 0.00000108. The number of carboxylic acids is 1. The standard InChI is InChI=1S/C18H32N.C2H4O2/c1-3-5-6-7-8-9-10-11-15-19-16-12-14-18(17-19)13-4-2;1-2(3)4/h12,14,16-17H,3-11,13,15H2,1-2H3;1H3,(H,3,4)/q+1;/p-1. The summed E-state index contributed by atoms with van der Waals surface area (Å²) in [6, 6.07) is 4.43. The Morgan fingerprint density at radius 2 is 1.57 bits per heavy atom. The third-order valence-electron chi connectivity index (χ3n) is 3.73. The largest absolute Gasteiger partial charge is 0.550 e. The zero-order valence-corrected chi connectivity index (χ0v) is 15.4. The van der Waals surface area contributed by atoms with Crippen molar-refractivity contribution in [1.29, 1.82) is 0 Å². The zero-order valence-electron chi connectivity index (χ0n) is 15.4. The Morgan fingerprint density at radius 1 is 1.00 bits per heavy atom. The van der Waals surface area contributed by atoms with Gasteiger partial charge in [-0.25, -0.2) is 4.57 Å². The quantitative estimate of drug-likeness (QED) is 0.459. The molecule has 1 rings (SSSR count). The Morgan fingerprint density at radius 3 is 2.13 bits per heavy atom. The summed E-state index contributed by atoms with van der Waals surface area (Å²) < 4.78 is 2.36. The van der Waals surface area contributed by atoms with Crippen molar-refractivity contribution >= 4 is 5.97 Å². The second-order valence-corrected chi connectivity index (χ2v) is 6.17. The average molecular weight is 322 g/mol. The summed E-state index contributed by atoms with van der Waals surface area (Å²) in [4.78, 5) is 8.89. The minimum absolute atomic E-state index is 0.972. The first-order chi connectivity index (χ1) is 11.1. The number of rotatable bonds is 11. The first-order valence-corrected chi connectivity index (χ1v) is 9.25. The molecule has 0 saturated heterocycles. The first-order valence-electron chi connectivity index (χ1n) is 9.25. The van der Waals surface area contributed by atoms with Gasteiger partial charge in [0.1, 0.15) is 6.54 Å². The monoisotopic (exact) mass is 321 g/mol. The molecule has 0 atom stereocenters. The highest BCUT2D eigenvalue weighted by molar-refractivity contribution is 5.60. The molecule has 0 saturated carbocycles. The summed E-state index contributed by atoms with van der Waals surface area (Å²) in [5.41, 5.74) is 1.48. The topological polar surface area (TPSA) is 44.0 Å². The van der Waals surface area contributed by atoms with Crippen molar-refractivity contribution < 1.29 is 14.5 Å². The molecule has 0 bridgehead atoms. The summed E-state index contributed by atoms with van der Waals surface area (Å²) in [6.45, 7) is 6.69. The fraction of sp³-hybridized carbons (Fsp3) is 0.700. The average Bonchev–Trinajstić information content (AvgIpc) is 2.50. The Bertz CT molecular complexity index is 400. The molecule has 1 aromatic heterocycles. The van der Waals surface area contributed by atoms with Gasteiger partial charge >= 0.3 is 0 Å². The van der Waals surface area contributed by atoms with E-state index < -0.39 is 5.97 Å². The van der Waals surface area contributed by atoms with E-state index in [-0.39, 0.29) is 0 Å². The van der Waals surface area contributed by atoms with E-state index in [4.69, 9.17) is 9.90 Å². The second-order valence-electron chi connectivity index (χ2n) is 6.17. The van der Waals surface area contributed by atoms with Crippen molar-refractivity contribution in [2.45, 2.75) is 91.5 Å². The molecule has 1 aromatic rings. The van der Waals surface area contributed by atoms with E-state index in [1.807, 2.05) is 0 Å². The smallest absolute Gasteiger partial charge is 0.171 e. The lowest BCUT2D eigenvalue weighted by Crippen LogP contribution is -2.33. The van der Waals surface area contributed by atoms with Crippen LogP contribution in [0.2, 0.25) is 0 Å². The number of aromatic nitrogens is 1. The number of nitrogens with zero attached hydrogens (tertiary/aromatic N) is 1. The third kappa shape index (κ3) is 15.3. The van der Waals surface area contributed by atoms with Crippen LogP contribution in [0.4, 0.5) is 0 Å². The minimum atomic E-state index is -1.08. The molecule has 0 fully saturated rings. The van der Waals surface area contributed by atoms with Gasteiger partial charge in [0.15, 0.2) is 12.4 Å². The number of carbonyl (C=O) groups excluding carboxylic acids is 1. The maximum Gasteiger partial charge on any atom is 0.171 e. The maximum absolute atomic E-state index is 8.89. The number of hydrogen-bond acceptors (Lipinski definition) is 2. The molecule has 132 valence electrons. The first kappa shape index (κ1) is 21.6. The van der Waals surface area contributed by atoms with Crippen LogP contribution in [0.5, 0.6) is 0 Å². The number of aliphatic carboxylic acids is 1. The Hall–Kier alpha value is -1.38. The molecule has 3 nitrogen and oxygen atoms in total. The van der Waals surface area contributed by atoms with E-state index in [2.05, 4.69) is 42.9 Å². The second kappa shape index (κ2) is 15.5. The molecule has 0 unspecified atom stereocenters. The molecule has 0 aliphatic carbocycles. The van der Waals surface area contributed by atoms with E-state index >= 15 is 0 Å². The van der Waals surface area contributed by atoms with Gasteiger partial charge in [-0.1, -0.05) is 58.8 Å². The number of carbonyl (C=O) groups is 1. The molecule has 0 N–H and O–H groups in total. The highest BCUT2D eigenvalue weighted by atomic mass is 16.4. The molecule has 0 aliphatic rings. The molecule has 1 heterocycles. The fourth-order valence-corrected chi connectivity index (χ4v) is 2.58. The van der Waals surface area contributed by atoms with Gasteiger partial charge in [0, 0.05) is 24.0 Å². The van der Waals surface area contributed by atoms with Gasteiger partial charge in [-0.3, -0.25) is 0 Å². The van der Waals surface area contributed by atoms with Crippen LogP contribution in [-0.2, 0) is 17.8 Å². The normalized spacial score (nSPS) is 10.0. The summed E-state index contributed by atoms with van der Waals surface area (Å²) in [7, 11) is 0. The number of pyridine rings is 1. The van der Waals surface area contributed by atoms with E-state index in [0.29, 0.717) is 0 Å². The summed E-state index contributed by atoms with van der Waals surface area (Å²) in [5.74, 6) is -1.08. The highest BCUT2D eigenvalue weighted by Gasteiger charge is 2.02. The van der Waals surface area contributed by atoms with Crippen LogP contribution in [0, 0.1) is 0 Å². The Labute approximate surface area is 142 Å². The van der Waals surface area contributed by atoms with Crippen LogP contribution >= 0.6 is 0 Å². The van der Waals surface area contributed by atoms with Crippen LogP contribution < -0.4 is 9.67 Å². The lowest BCUT2D eigenvalue weighted by Gasteiger charge is -2.01. The van der Waals surface area contributed by atoms with Crippen molar-refractivity contribution in [2.24, 2.45) is 0 Å². The molecule has 23 heavy (non-hydrogen) atoms. The molecule has 0 aliphatic heterocycles. The van der Waals surface area contributed by atoms with Gasteiger partial charge in [0.2, 0.25) is 0 Å². The highest BCUT2D eigenvalue weighted by Crippen LogP contribution is 2.08. The summed E-state index contributed by atoms with van der Waals surface area (Å²) in [6.07, 6.45) is 18.2. The molecule has 0 amide bonds.